The van der Waals surface area contributed by atoms with Gasteiger partial charge in [0.25, 0.3) is 0 Å². The molecule has 0 saturated heterocycles. The van der Waals surface area contributed by atoms with Crippen LogP contribution in [0.5, 0.6) is 5.75 Å². The zero-order chi connectivity index (χ0) is 16.3. The van der Waals surface area contributed by atoms with Crippen molar-refractivity contribution in [2.45, 2.75) is 12.8 Å². The summed E-state index contributed by atoms with van der Waals surface area (Å²) in [6.45, 7) is 0.353. The summed E-state index contributed by atoms with van der Waals surface area (Å²) in [6.07, 6.45) is 2.92. The monoisotopic (exact) mass is 346 g/mol. The first-order valence-corrected chi connectivity index (χ1v) is 9.14. The largest absolute Gasteiger partial charge is 0.495 e. The molecule has 0 aliphatic heterocycles. The van der Waals surface area contributed by atoms with Crippen LogP contribution >= 0.6 is 11.6 Å². The second-order valence-electron chi connectivity index (χ2n) is 5.22. The molecule has 8 heteroatoms. The van der Waals surface area contributed by atoms with Crippen LogP contribution < -0.4 is 14.4 Å². The SMILES string of the molecule is COc1ccc(Cl)cc1N(CCNC(=O)C1CC1)S(C)(=O)=O. The summed E-state index contributed by atoms with van der Waals surface area (Å²) in [7, 11) is -2.07. The molecular formula is C14H19ClN2O4S. The van der Waals surface area contributed by atoms with Crippen molar-refractivity contribution in [1.82, 2.24) is 5.32 Å². The van der Waals surface area contributed by atoms with Gasteiger partial charge in [-0.05, 0) is 31.0 Å². The Morgan fingerprint density at radius 3 is 2.68 bits per heavy atom. The fraction of sp³-hybridized carbons (Fsp3) is 0.500. The number of anilines is 1. The molecule has 22 heavy (non-hydrogen) atoms. The van der Waals surface area contributed by atoms with Crippen molar-refractivity contribution in [3.63, 3.8) is 0 Å². The van der Waals surface area contributed by atoms with Gasteiger partial charge in [0.05, 0.1) is 25.6 Å². The number of ether oxygens (including phenoxy) is 1. The van der Waals surface area contributed by atoms with Crippen molar-refractivity contribution in [3.05, 3.63) is 23.2 Å². The predicted octanol–water partition coefficient (Wildman–Crippen LogP) is 1.64. The fourth-order valence-corrected chi connectivity index (χ4v) is 3.18. The van der Waals surface area contributed by atoms with Crippen LogP contribution in [-0.2, 0) is 14.8 Å². The maximum Gasteiger partial charge on any atom is 0.232 e. The van der Waals surface area contributed by atoms with E-state index >= 15 is 0 Å². The lowest BCUT2D eigenvalue weighted by molar-refractivity contribution is -0.122. The Morgan fingerprint density at radius 1 is 1.45 bits per heavy atom. The lowest BCUT2D eigenvalue weighted by Gasteiger charge is -2.24. The highest BCUT2D eigenvalue weighted by molar-refractivity contribution is 7.92. The standard InChI is InChI=1S/C14H19ClN2O4S/c1-21-13-6-5-11(15)9-12(13)17(22(2,19)20)8-7-16-14(18)10-3-4-10/h5-6,9-10H,3-4,7-8H2,1-2H3,(H,16,18). The summed E-state index contributed by atoms with van der Waals surface area (Å²) in [5.74, 6) is 0.474. The molecule has 1 fully saturated rings. The van der Waals surface area contributed by atoms with Gasteiger partial charge >= 0.3 is 0 Å². The van der Waals surface area contributed by atoms with E-state index < -0.39 is 10.0 Å². The molecule has 0 bridgehead atoms. The zero-order valence-electron chi connectivity index (χ0n) is 12.5. The topological polar surface area (TPSA) is 75.7 Å². The molecule has 1 N–H and O–H groups in total. The van der Waals surface area contributed by atoms with Gasteiger partial charge < -0.3 is 10.1 Å². The molecule has 0 heterocycles. The molecule has 1 aromatic rings. The van der Waals surface area contributed by atoms with Crippen molar-refractivity contribution in [1.29, 1.82) is 0 Å². The van der Waals surface area contributed by atoms with Crippen LogP contribution in [0.3, 0.4) is 0 Å². The maximum atomic E-state index is 12.0. The summed E-state index contributed by atoms with van der Waals surface area (Å²) in [5.41, 5.74) is 0.359. The molecular weight excluding hydrogens is 328 g/mol. The van der Waals surface area contributed by atoms with Gasteiger partial charge in [0.1, 0.15) is 5.75 Å². The Hall–Kier alpha value is -1.47. The van der Waals surface area contributed by atoms with E-state index in [1.54, 1.807) is 12.1 Å². The highest BCUT2D eigenvalue weighted by Gasteiger charge is 2.29. The third kappa shape index (κ3) is 4.27. The lowest BCUT2D eigenvalue weighted by Crippen LogP contribution is -2.38. The number of halogens is 1. The third-order valence-electron chi connectivity index (χ3n) is 3.37. The van der Waals surface area contributed by atoms with Crippen LogP contribution in [0.25, 0.3) is 0 Å². The number of amides is 1. The van der Waals surface area contributed by atoms with Crippen molar-refractivity contribution in [2.75, 3.05) is 30.8 Å². The number of rotatable bonds is 7. The van der Waals surface area contributed by atoms with Gasteiger partial charge in [0, 0.05) is 17.5 Å². The Labute approximate surface area is 135 Å². The van der Waals surface area contributed by atoms with E-state index in [-0.39, 0.29) is 24.9 Å². The van der Waals surface area contributed by atoms with Crippen LogP contribution in [0, 0.1) is 5.92 Å². The Bertz CT molecular complexity index is 659. The number of nitrogens with one attached hydrogen (secondary N) is 1. The highest BCUT2D eigenvalue weighted by Crippen LogP contribution is 2.32. The molecule has 0 aromatic heterocycles. The first-order valence-electron chi connectivity index (χ1n) is 6.92. The number of carbonyl (C=O) groups excluding carboxylic acids is 1. The van der Waals surface area contributed by atoms with Crippen LogP contribution in [0.4, 0.5) is 5.69 Å². The van der Waals surface area contributed by atoms with E-state index in [9.17, 15) is 13.2 Å². The Kier molecular flexibility index (Phi) is 5.18. The van der Waals surface area contributed by atoms with Crippen molar-refractivity contribution in [2.24, 2.45) is 5.92 Å². The van der Waals surface area contributed by atoms with Gasteiger partial charge in [-0.3, -0.25) is 9.10 Å². The molecule has 2 rings (SSSR count). The zero-order valence-corrected chi connectivity index (χ0v) is 14.1. The van der Waals surface area contributed by atoms with Crippen LogP contribution in [0.2, 0.25) is 5.02 Å². The summed E-state index contributed by atoms with van der Waals surface area (Å²) in [5, 5.41) is 3.16. The predicted molar refractivity (Wildman–Crippen MR) is 85.9 cm³/mol. The number of carbonyl (C=O) groups is 1. The normalized spacial score (nSPS) is 14.5. The van der Waals surface area contributed by atoms with Gasteiger partial charge in [-0.2, -0.15) is 0 Å². The summed E-state index contributed by atoms with van der Waals surface area (Å²) >= 11 is 5.96. The molecule has 0 unspecified atom stereocenters. The number of sulfonamides is 1. The second-order valence-corrected chi connectivity index (χ2v) is 7.56. The van der Waals surface area contributed by atoms with Crippen LogP contribution in [0.15, 0.2) is 18.2 Å². The smallest absolute Gasteiger partial charge is 0.232 e. The average Bonchev–Trinajstić information content (AvgIpc) is 3.26. The minimum absolute atomic E-state index is 0.0217. The Balaban J connectivity index is 2.15. The molecule has 1 saturated carbocycles. The first-order chi connectivity index (χ1) is 10.3. The summed E-state index contributed by atoms with van der Waals surface area (Å²) < 4.78 is 30.5. The molecule has 1 aliphatic carbocycles. The first kappa shape index (κ1) is 16.9. The summed E-state index contributed by atoms with van der Waals surface area (Å²) in [6, 6.07) is 4.77. The van der Waals surface area contributed by atoms with Crippen molar-refractivity contribution >= 4 is 33.2 Å². The van der Waals surface area contributed by atoms with E-state index in [0.29, 0.717) is 16.5 Å². The average molecular weight is 347 g/mol. The molecule has 0 spiro atoms. The van der Waals surface area contributed by atoms with Gasteiger partial charge in [0.15, 0.2) is 0 Å². The second kappa shape index (κ2) is 6.75. The van der Waals surface area contributed by atoms with E-state index in [1.165, 1.54) is 17.5 Å². The van der Waals surface area contributed by atoms with Crippen molar-refractivity contribution < 1.29 is 17.9 Å². The van der Waals surface area contributed by atoms with E-state index in [2.05, 4.69) is 5.32 Å². The minimum atomic E-state index is -3.53. The number of hydrogen-bond acceptors (Lipinski definition) is 4. The highest BCUT2D eigenvalue weighted by atomic mass is 35.5. The van der Waals surface area contributed by atoms with Crippen LogP contribution in [0.1, 0.15) is 12.8 Å². The third-order valence-corrected chi connectivity index (χ3v) is 4.79. The number of nitrogens with zero attached hydrogens (tertiary/aromatic N) is 1. The number of methoxy groups -OCH3 is 1. The molecule has 122 valence electrons. The van der Waals surface area contributed by atoms with Gasteiger partial charge in [-0.1, -0.05) is 11.6 Å². The van der Waals surface area contributed by atoms with E-state index in [1.807, 2.05) is 0 Å². The Morgan fingerprint density at radius 2 is 2.14 bits per heavy atom. The molecule has 1 amide bonds. The molecule has 6 nitrogen and oxygen atoms in total. The lowest BCUT2D eigenvalue weighted by atomic mass is 10.3. The number of benzene rings is 1. The molecule has 0 atom stereocenters. The van der Waals surface area contributed by atoms with E-state index in [0.717, 1.165) is 19.1 Å². The molecule has 0 radical (unpaired) electrons. The van der Waals surface area contributed by atoms with Gasteiger partial charge in [-0.15, -0.1) is 0 Å². The molecule has 1 aromatic carbocycles. The summed E-state index contributed by atoms with van der Waals surface area (Å²) in [4.78, 5) is 11.6. The van der Waals surface area contributed by atoms with Crippen molar-refractivity contribution in [3.8, 4) is 5.75 Å². The van der Waals surface area contributed by atoms with Gasteiger partial charge in [0.2, 0.25) is 15.9 Å². The minimum Gasteiger partial charge on any atom is -0.495 e. The maximum absolute atomic E-state index is 12.0. The van der Waals surface area contributed by atoms with Crippen LogP contribution in [-0.4, -0.2) is 40.8 Å². The molecule has 1 aliphatic rings. The van der Waals surface area contributed by atoms with Gasteiger partial charge in [-0.25, -0.2) is 8.42 Å². The quantitative estimate of drug-likeness (QED) is 0.814. The number of hydrogen-bond donors (Lipinski definition) is 1. The van der Waals surface area contributed by atoms with E-state index in [4.69, 9.17) is 16.3 Å². The fourth-order valence-electron chi connectivity index (χ4n) is 2.09.